The van der Waals surface area contributed by atoms with E-state index in [0.29, 0.717) is 16.5 Å². The molecule has 1 heterocycles. The minimum Gasteiger partial charge on any atom is -0.345 e. The van der Waals surface area contributed by atoms with Gasteiger partial charge in [0.1, 0.15) is 0 Å². The van der Waals surface area contributed by atoms with Crippen LogP contribution in [0.15, 0.2) is 48.8 Å². The molecule has 0 spiro atoms. The fourth-order valence-corrected chi connectivity index (χ4v) is 2.41. The van der Waals surface area contributed by atoms with Crippen LogP contribution in [0.25, 0.3) is 0 Å². The molecule has 0 saturated heterocycles. The smallest absolute Gasteiger partial charge is 0.254 e. The number of hydrogen-bond acceptors (Lipinski definition) is 2. The summed E-state index contributed by atoms with van der Waals surface area (Å²) in [6, 6.07) is 11.6. The second kappa shape index (κ2) is 7.23. The number of hydrogen-bond donors (Lipinski definition) is 1. The van der Waals surface area contributed by atoms with E-state index in [-0.39, 0.29) is 11.9 Å². The van der Waals surface area contributed by atoms with Gasteiger partial charge in [0.25, 0.3) is 5.91 Å². The van der Waals surface area contributed by atoms with Gasteiger partial charge in [0.15, 0.2) is 0 Å². The second-order valence-corrected chi connectivity index (χ2v) is 5.83. The predicted molar refractivity (Wildman–Crippen MR) is 85.4 cm³/mol. The number of nitrogens with one attached hydrogen (secondary N) is 1. The Morgan fingerprint density at radius 1 is 1.24 bits per heavy atom. The lowest BCUT2D eigenvalue weighted by Crippen LogP contribution is -2.29. The Balaban J connectivity index is 2.19. The zero-order chi connectivity index (χ0) is 15.2. The van der Waals surface area contributed by atoms with E-state index in [1.807, 2.05) is 30.3 Å². The maximum absolute atomic E-state index is 12.4. The largest absolute Gasteiger partial charge is 0.345 e. The van der Waals surface area contributed by atoms with E-state index in [1.54, 1.807) is 12.3 Å². The summed E-state index contributed by atoms with van der Waals surface area (Å²) < 4.78 is 0. The van der Waals surface area contributed by atoms with Gasteiger partial charge < -0.3 is 5.32 Å². The molecule has 0 aliphatic rings. The summed E-state index contributed by atoms with van der Waals surface area (Å²) in [5.74, 6) is 0.280. The molecular weight excluding hydrogens is 284 g/mol. The van der Waals surface area contributed by atoms with Gasteiger partial charge in [-0.1, -0.05) is 55.8 Å². The molecule has 0 bridgehead atoms. The van der Waals surface area contributed by atoms with Crippen LogP contribution in [-0.2, 0) is 0 Å². The zero-order valence-corrected chi connectivity index (χ0v) is 13.0. The summed E-state index contributed by atoms with van der Waals surface area (Å²) in [4.78, 5) is 16.4. The van der Waals surface area contributed by atoms with Crippen molar-refractivity contribution in [1.82, 2.24) is 10.3 Å². The topological polar surface area (TPSA) is 42.0 Å². The van der Waals surface area contributed by atoms with Crippen LogP contribution < -0.4 is 5.32 Å². The summed E-state index contributed by atoms with van der Waals surface area (Å²) in [6.45, 7) is 4.28. The number of carbonyl (C=O) groups is 1. The van der Waals surface area contributed by atoms with Crippen LogP contribution in [0.3, 0.4) is 0 Å². The average Bonchev–Trinajstić information content (AvgIpc) is 2.47. The SMILES string of the molecule is CC(C)CC(NC(=O)c1cnccc1Cl)c1ccccc1. The number of halogens is 1. The van der Waals surface area contributed by atoms with E-state index in [1.165, 1.54) is 6.20 Å². The van der Waals surface area contributed by atoms with E-state index in [2.05, 4.69) is 24.1 Å². The Kier molecular flexibility index (Phi) is 5.34. The Morgan fingerprint density at radius 2 is 1.95 bits per heavy atom. The summed E-state index contributed by atoms with van der Waals surface area (Å²) in [7, 11) is 0. The lowest BCUT2D eigenvalue weighted by molar-refractivity contribution is 0.0931. The van der Waals surface area contributed by atoms with E-state index >= 15 is 0 Å². The van der Waals surface area contributed by atoms with Crippen LogP contribution in [0.4, 0.5) is 0 Å². The lowest BCUT2D eigenvalue weighted by atomic mass is 9.97. The second-order valence-electron chi connectivity index (χ2n) is 5.42. The minimum absolute atomic E-state index is 0.0324. The molecule has 0 saturated carbocycles. The highest BCUT2D eigenvalue weighted by Gasteiger charge is 2.18. The first kappa shape index (κ1) is 15.5. The Hall–Kier alpha value is -1.87. The molecule has 21 heavy (non-hydrogen) atoms. The maximum Gasteiger partial charge on any atom is 0.254 e. The molecule has 0 fully saturated rings. The fourth-order valence-electron chi connectivity index (χ4n) is 2.22. The first-order valence-corrected chi connectivity index (χ1v) is 7.41. The summed E-state index contributed by atoms with van der Waals surface area (Å²) in [5.41, 5.74) is 1.50. The number of rotatable bonds is 5. The van der Waals surface area contributed by atoms with Crippen molar-refractivity contribution in [2.75, 3.05) is 0 Å². The third-order valence-corrected chi connectivity index (χ3v) is 3.56. The van der Waals surface area contributed by atoms with Crippen molar-refractivity contribution < 1.29 is 4.79 Å². The highest BCUT2D eigenvalue weighted by atomic mass is 35.5. The molecule has 0 radical (unpaired) electrons. The van der Waals surface area contributed by atoms with Crippen molar-refractivity contribution in [3.63, 3.8) is 0 Å². The van der Waals surface area contributed by atoms with E-state index in [9.17, 15) is 4.79 Å². The van der Waals surface area contributed by atoms with Gasteiger partial charge in [-0.15, -0.1) is 0 Å². The molecule has 0 aliphatic heterocycles. The molecule has 1 aromatic carbocycles. The predicted octanol–water partition coefficient (Wildman–Crippen LogP) is 4.25. The summed E-state index contributed by atoms with van der Waals surface area (Å²) in [5, 5.41) is 3.47. The highest BCUT2D eigenvalue weighted by Crippen LogP contribution is 2.22. The average molecular weight is 303 g/mol. The minimum atomic E-state index is -0.192. The Morgan fingerprint density at radius 3 is 2.57 bits per heavy atom. The number of aromatic nitrogens is 1. The standard InChI is InChI=1S/C17H19ClN2O/c1-12(2)10-16(13-6-4-3-5-7-13)20-17(21)14-11-19-9-8-15(14)18/h3-9,11-12,16H,10H2,1-2H3,(H,20,21). The number of nitrogens with zero attached hydrogens (tertiary/aromatic N) is 1. The molecule has 1 unspecified atom stereocenters. The van der Waals surface area contributed by atoms with Gasteiger partial charge in [-0.25, -0.2) is 0 Å². The van der Waals surface area contributed by atoms with Gasteiger partial charge in [0, 0.05) is 12.4 Å². The quantitative estimate of drug-likeness (QED) is 0.897. The molecular formula is C17H19ClN2O. The Bertz CT molecular complexity index is 599. The molecule has 110 valence electrons. The van der Waals surface area contributed by atoms with Gasteiger partial charge >= 0.3 is 0 Å². The molecule has 2 rings (SSSR count). The van der Waals surface area contributed by atoms with Gasteiger partial charge in [0.2, 0.25) is 0 Å². The van der Waals surface area contributed by atoms with Crippen LogP contribution >= 0.6 is 11.6 Å². The first-order valence-electron chi connectivity index (χ1n) is 7.03. The number of amides is 1. The summed E-state index contributed by atoms with van der Waals surface area (Å²) in [6.07, 6.45) is 3.94. The molecule has 2 aromatic rings. The van der Waals surface area contributed by atoms with Crippen LogP contribution in [0, 0.1) is 5.92 Å². The third kappa shape index (κ3) is 4.30. The van der Waals surface area contributed by atoms with Gasteiger partial charge in [0.05, 0.1) is 16.6 Å². The van der Waals surface area contributed by atoms with Crippen LogP contribution in [0.2, 0.25) is 5.02 Å². The van der Waals surface area contributed by atoms with Gasteiger partial charge in [-0.05, 0) is 24.0 Å². The van der Waals surface area contributed by atoms with Crippen molar-refractivity contribution >= 4 is 17.5 Å². The lowest BCUT2D eigenvalue weighted by Gasteiger charge is -2.21. The Labute approximate surface area is 130 Å². The van der Waals surface area contributed by atoms with Crippen molar-refractivity contribution in [2.24, 2.45) is 5.92 Å². The molecule has 0 aliphatic carbocycles. The molecule has 1 aromatic heterocycles. The number of pyridine rings is 1. The van der Waals surface area contributed by atoms with Crippen molar-refractivity contribution in [2.45, 2.75) is 26.3 Å². The zero-order valence-electron chi connectivity index (χ0n) is 12.2. The van der Waals surface area contributed by atoms with E-state index < -0.39 is 0 Å². The monoisotopic (exact) mass is 302 g/mol. The number of carbonyl (C=O) groups excluding carboxylic acids is 1. The third-order valence-electron chi connectivity index (χ3n) is 3.23. The normalized spacial score (nSPS) is 12.2. The summed E-state index contributed by atoms with van der Waals surface area (Å²) >= 11 is 6.05. The molecule has 1 atom stereocenters. The van der Waals surface area contributed by atoms with Gasteiger partial charge in [-0.2, -0.15) is 0 Å². The van der Waals surface area contributed by atoms with Crippen molar-refractivity contribution in [3.05, 3.63) is 64.9 Å². The number of benzene rings is 1. The van der Waals surface area contributed by atoms with E-state index in [4.69, 9.17) is 11.6 Å². The van der Waals surface area contributed by atoms with E-state index in [0.717, 1.165) is 12.0 Å². The van der Waals surface area contributed by atoms with Gasteiger partial charge in [-0.3, -0.25) is 9.78 Å². The fraction of sp³-hybridized carbons (Fsp3) is 0.294. The molecule has 1 amide bonds. The molecule has 1 N–H and O–H groups in total. The first-order chi connectivity index (χ1) is 10.1. The van der Waals surface area contributed by atoms with Crippen LogP contribution in [0.1, 0.15) is 42.2 Å². The molecule has 4 heteroatoms. The van der Waals surface area contributed by atoms with Crippen molar-refractivity contribution in [1.29, 1.82) is 0 Å². The molecule has 3 nitrogen and oxygen atoms in total. The highest BCUT2D eigenvalue weighted by molar-refractivity contribution is 6.33. The van der Waals surface area contributed by atoms with Crippen LogP contribution in [-0.4, -0.2) is 10.9 Å². The maximum atomic E-state index is 12.4. The van der Waals surface area contributed by atoms with Crippen molar-refractivity contribution in [3.8, 4) is 0 Å². The van der Waals surface area contributed by atoms with Crippen LogP contribution in [0.5, 0.6) is 0 Å².